The van der Waals surface area contributed by atoms with Crippen LogP contribution in [0, 0.1) is 0 Å². The van der Waals surface area contributed by atoms with E-state index in [4.69, 9.17) is 0 Å². The molecule has 1 amide bonds. The summed E-state index contributed by atoms with van der Waals surface area (Å²) in [5.41, 5.74) is 3.41. The van der Waals surface area contributed by atoms with Crippen molar-refractivity contribution in [2.24, 2.45) is 0 Å². The van der Waals surface area contributed by atoms with Crippen molar-refractivity contribution in [1.29, 1.82) is 0 Å². The average molecular weight is 218 g/mol. The molecular weight excluding hydrogens is 200 g/mol. The second-order valence-electron chi connectivity index (χ2n) is 5.03. The van der Waals surface area contributed by atoms with E-state index in [1.54, 1.807) is 0 Å². The minimum atomic E-state index is -0.0308. The van der Waals surface area contributed by atoms with Gasteiger partial charge in [-0.15, -0.1) is 0 Å². The molecule has 1 aromatic carbocycles. The molecular formula is C13H18N2O. The molecule has 0 radical (unpaired) electrons. The lowest BCUT2D eigenvalue weighted by atomic mass is 9.81. The van der Waals surface area contributed by atoms with E-state index in [1.807, 2.05) is 12.1 Å². The van der Waals surface area contributed by atoms with Crippen molar-refractivity contribution < 1.29 is 4.79 Å². The molecule has 2 N–H and O–H groups in total. The van der Waals surface area contributed by atoms with Gasteiger partial charge in [0.2, 0.25) is 5.91 Å². The molecule has 1 unspecified atom stereocenters. The van der Waals surface area contributed by atoms with Gasteiger partial charge in [-0.2, -0.15) is 0 Å². The first-order valence-corrected chi connectivity index (χ1v) is 5.60. The third kappa shape index (κ3) is 1.66. The smallest absolute Gasteiger partial charge is 0.221 e. The van der Waals surface area contributed by atoms with Crippen molar-refractivity contribution in [3.63, 3.8) is 0 Å². The predicted molar refractivity (Wildman–Crippen MR) is 66.9 cm³/mol. The summed E-state index contributed by atoms with van der Waals surface area (Å²) >= 11 is 0. The van der Waals surface area contributed by atoms with Gasteiger partial charge in [-0.3, -0.25) is 4.79 Å². The summed E-state index contributed by atoms with van der Waals surface area (Å²) < 4.78 is 0. The second kappa shape index (κ2) is 3.51. The van der Waals surface area contributed by atoms with E-state index >= 15 is 0 Å². The zero-order chi connectivity index (χ0) is 11.9. The van der Waals surface area contributed by atoms with E-state index < -0.39 is 0 Å². The number of rotatable bonds is 1. The zero-order valence-corrected chi connectivity index (χ0v) is 10.2. The first kappa shape index (κ1) is 11.0. The van der Waals surface area contributed by atoms with Gasteiger partial charge in [0.15, 0.2) is 0 Å². The summed E-state index contributed by atoms with van der Waals surface area (Å²) in [5.74, 6) is -0.0308. The fourth-order valence-corrected chi connectivity index (χ4v) is 2.13. The summed E-state index contributed by atoms with van der Waals surface area (Å²) in [7, 11) is 0. The topological polar surface area (TPSA) is 41.1 Å². The van der Waals surface area contributed by atoms with Gasteiger partial charge >= 0.3 is 0 Å². The number of anilines is 2. The molecule has 0 saturated carbocycles. The number of benzene rings is 1. The summed E-state index contributed by atoms with van der Waals surface area (Å²) in [6.07, 6.45) is 0. The largest absolute Gasteiger partial charge is 0.381 e. The van der Waals surface area contributed by atoms with E-state index in [1.165, 1.54) is 18.2 Å². The highest BCUT2D eigenvalue weighted by Gasteiger charge is 2.36. The third-order valence-electron chi connectivity index (χ3n) is 3.49. The van der Waals surface area contributed by atoms with Crippen LogP contribution in [-0.2, 0) is 10.2 Å². The Labute approximate surface area is 96.2 Å². The SMILES string of the molecule is CC(=O)Nc1ccc2c(c1)C(C)(C)C(C)N2. The molecule has 1 aliphatic heterocycles. The van der Waals surface area contributed by atoms with Crippen molar-refractivity contribution >= 4 is 17.3 Å². The fraction of sp³-hybridized carbons (Fsp3) is 0.462. The van der Waals surface area contributed by atoms with Crippen LogP contribution in [0.2, 0.25) is 0 Å². The number of carbonyl (C=O) groups is 1. The van der Waals surface area contributed by atoms with Crippen molar-refractivity contribution in [3.8, 4) is 0 Å². The van der Waals surface area contributed by atoms with E-state index in [9.17, 15) is 4.79 Å². The van der Waals surface area contributed by atoms with Gasteiger partial charge < -0.3 is 10.6 Å². The van der Waals surface area contributed by atoms with Gasteiger partial charge in [-0.1, -0.05) is 13.8 Å². The average Bonchev–Trinajstić information content (AvgIpc) is 2.39. The highest BCUT2D eigenvalue weighted by atomic mass is 16.1. The van der Waals surface area contributed by atoms with Gasteiger partial charge in [-0.05, 0) is 30.7 Å². The molecule has 1 heterocycles. The monoisotopic (exact) mass is 218 g/mol. The maximum Gasteiger partial charge on any atom is 0.221 e. The number of hydrogen-bond acceptors (Lipinski definition) is 2. The van der Waals surface area contributed by atoms with Crippen LogP contribution in [0.1, 0.15) is 33.3 Å². The van der Waals surface area contributed by atoms with Crippen molar-refractivity contribution in [2.45, 2.75) is 39.2 Å². The molecule has 0 fully saturated rings. The fourth-order valence-electron chi connectivity index (χ4n) is 2.13. The van der Waals surface area contributed by atoms with Crippen LogP contribution >= 0.6 is 0 Å². The van der Waals surface area contributed by atoms with Crippen LogP contribution in [0.5, 0.6) is 0 Å². The molecule has 2 rings (SSSR count). The van der Waals surface area contributed by atoms with Crippen LogP contribution in [-0.4, -0.2) is 11.9 Å². The van der Waals surface area contributed by atoms with Gasteiger partial charge in [0, 0.05) is 29.8 Å². The maximum absolute atomic E-state index is 11.0. The van der Waals surface area contributed by atoms with E-state index in [0.717, 1.165) is 5.69 Å². The Balaban J connectivity index is 2.40. The highest BCUT2D eigenvalue weighted by molar-refractivity contribution is 5.89. The summed E-state index contributed by atoms with van der Waals surface area (Å²) in [6.45, 7) is 8.14. The van der Waals surface area contributed by atoms with E-state index in [-0.39, 0.29) is 11.3 Å². The predicted octanol–water partition coefficient (Wildman–Crippen LogP) is 2.74. The maximum atomic E-state index is 11.0. The Morgan fingerprint density at radius 1 is 1.44 bits per heavy atom. The number of fused-ring (bicyclic) bond motifs is 1. The summed E-state index contributed by atoms with van der Waals surface area (Å²) in [4.78, 5) is 11.0. The van der Waals surface area contributed by atoms with Gasteiger partial charge in [0.1, 0.15) is 0 Å². The van der Waals surface area contributed by atoms with E-state index in [2.05, 4.69) is 37.5 Å². The minimum absolute atomic E-state index is 0.0308. The molecule has 0 aliphatic carbocycles. The Hall–Kier alpha value is -1.51. The zero-order valence-electron chi connectivity index (χ0n) is 10.2. The van der Waals surface area contributed by atoms with Crippen LogP contribution in [0.15, 0.2) is 18.2 Å². The Kier molecular flexibility index (Phi) is 2.41. The summed E-state index contributed by atoms with van der Waals surface area (Å²) in [5, 5.41) is 6.28. The van der Waals surface area contributed by atoms with Crippen molar-refractivity contribution in [3.05, 3.63) is 23.8 Å². The van der Waals surface area contributed by atoms with Gasteiger partial charge in [0.05, 0.1) is 0 Å². The van der Waals surface area contributed by atoms with Crippen LogP contribution in [0.4, 0.5) is 11.4 Å². The lowest BCUT2D eigenvalue weighted by Gasteiger charge is -2.24. The number of hydrogen-bond donors (Lipinski definition) is 2. The first-order valence-electron chi connectivity index (χ1n) is 5.60. The molecule has 0 spiro atoms. The molecule has 0 bridgehead atoms. The van der Waals surface area contributed by atoms with Gasteiger partial charge in [-0.25, -0.2) is 0 Å². The molecule has 3 heteroatoms. The summed E-state index contributed by atoms with van der Waals surface area (Å²) in [6, 6.07) is 6.44. The van der Waals surface area contributed by atoms with Crippen molar-refractivity contribution in [1.82, 2.24) is 0 Å². The molecule has 1 aromatic rings. The minimum Gasteiger partial charge on any atom is -0.381 e. The Morgan fingerprint density at radius 3 is 2.75 bits per heavy atom. The molecule has 16 heavy (non-hydrogen) atoms. The van der Waals surface area contributed by atoms with Crippen LogP contribution in [0.25, 0.3) is 0 Å². The Morgan fingerprint density at radius 2 is 2.12 bits per heavy atom. The lowest BCUT2D eigenvalue weighted by molar-refractivity contribution is -0.114. The Bertz CT molecular complexity index is 438. The number of amides is 1. The highest BCUT2D eigenvalue weighted by Crippen LogP contribution is 2.41. The standard InChI is InChI=1S/C13H18N2O/c1-8-13(3,4)11-7-10(15-9(2)16)5-6-12(11)14-8/h5-8,14H,1-4H3,(H,15,16). The lowest BCUT2D eigenvalue weighted by Crippen LogP contribution is -2.29. The van der Waals surface area contributed by atoms with Crippen LogP contribution in [0.3, 0.4) is 0 Å². The third-order valence-corrected chi connectivity index (χ3v) is 3.49. The number of carbonyl (C=O) groups excluding carboxylic acids is 1. The van der Waals surface area contributed by atoms with Gasteiger partial charge in [0.25, 0.3) is 0 Å². The van der Waals surface area contributed by atoms with E-state index in [0.29, 0.717) is 6.04 Å². The quantitative estimate of drug-likeness (QED) is 0.761. The van der Waals surface area contributed by atoms with Crippen molar-refractivity contribution in [2.75, 3.05) is 10.6 Å². The molecule has 3 nitrogen and oxygen atoms in total. The molecule has 86 valence electrons. The molecule has 0 saturated heterocycles. The van der Waals surface area contributed by atoms with Crippen LogP contribution < -0.4 is 10.6 Å². The molecule has 1 aliphatic rings. The molecule has 0 aromatic heterocycles. The number of nitrogens with one attached hydrogen (secondary N) is 2. The normalized spacial score (nSPS) is 21.1. The second-order valence-corrected chi connectivity index (χ2v) is 5.03. The first-order chi connectivity index (χ1) is 7.41. The molecule has 1 atom stereocenters.